The summed E-state index contributed by atoms with van der Waals surface area (Å²) in [5.74, 6) is -0.0344. The number of aromatic amines is 1. The third-order valence-electron chi connectivity index (χ3n) is 5.05. The van der Waals surface area contributed by atoms with Gasteiger partial charge >= 0.3 is 0 Å². The van der Waals surface area contributed by atoms with Crippen molar-refractivity contribution < 1.29 is 9.59 Å². The van der Waals surface area contributed by atoms with E-state index in [1.807, 2.05) is 4.90 Å². The van der Waals surface area contributed by atoms with E-state index < -0.39 is 0 Å². The lowest BCUT2D eigenvalue weighted by Gasteiger charge is -2.37. The number of piperidine rings is 1. The molecule has 2 aliphatic rings. The molecule has 4 rings (SSSR count). The fourth-order valence-corrected chi connectivity index (χ4v) is 3.79. The Morgan fingerprint density at radius 1 is 1.16 bits per heavy atom. The van der Waals surface area contributed by atoms with E-state index in [-0.39, 0.29) is 29.2 Å². The average molecular weight is 340 g/mol. The Bertz CT molecular complexity index is 891. The van der Waals surface area contributed by atoms with Gasteiger partial charge in [-0.1, -0.05) is 12.1 Å². The number of hydrogen-bond donors (Lipinski definition) is 1. The molecule has 2 saturated heterocycles. The molecule has 2 aromatic rings. The van der Waals surface area contributed by atoms with Gasteiger partial charge in [-0.2, -0.15) is 0 Å². The zero-order valence-corrected chi connectivity index (χ0v) is 13.9. The molecule has 25 heavy (non-hydrogen) atoms. The van der Waals surface area contributed by atoms with Crippen molar-refractivity contribution in [3.05, 3.63) is 40.4 Å². The van der Waals surface area contributed by atoms with Crippen LogP contribution in [0.1, 0.15) is 36.3 Å². The van der Waals surface area contributed by atoms with Gasteiger partial charge in [0.25, 0.3) is 11.5 Å². The number of carbonyl (C=O) groups excluding carboxylic acids is 2. The fourth-order valence-electron chi connectivity index (χ4n) is 3.79. The summed E-state index contributed by atoms with van der Waals surface area (Å²) in [6.07, 6.45) is 3.25. The van der Waals surface area contributed by atoms with Gasteiger partial charge in [0.2, 0.25) is 5.91 Å². The second-order valence-corrected chi connectivity index (χ2v) is 6.67. The molecule has 1 aromatic carbocycles. The van der Waals surface area contributed by atoms with Crippen molar-refractivity contribution in [3.63, 3.8) is 0 Å². The van der Waals surface area contributed by atoms with Crippen molar-refractivity contribution >= 4 is 22.7 Å². The third-order valence-corrected chi connectivity index (χ3v) is 5.05. The molecular formula is C18H20N4O3. The average Bonchev–Trinajstić information content (AvgIpc) is 3.07. The van der Waals surface area contributed by atoms with E-state index in [2.05, 4.69) is 9.97 Å². The normalized spacial score (nSPS) is 21.1. The number of fused-ring (bicyclic) bond motifs is 1. The number of carbonyl (C=O) groups is 2. The summed E-state index contributed by atoms with van der Waals surface area (Å²) in [6, 6.07) is 7.04. The largest absolute Gasteiger partial charge is 0.338 e. The lowest BCUT2D eigenvalue weighted by Crippen LogP contribution is -2.50. The predicted molar refractivity (Wildman–Crippen MR) is 92.2 cm³/mol. The van der Waals surface area contributed by atoms with Gasteiger partial charge in [0, 0.05) is 32.1 Å². The van der Waals surface area contributed by atoms with Gasteiger partial charge in [-0.05, 0) is 31.4 Å². The molecule has 130 valence electrons. The second-order valence-electron chi connectivity index (χ2n) is 6.67. The van der Waals surface area contributed by atoms with E-state index in [9.17, 15) is 14.4 Å². The van der Waals surface area contributed by atoms with Crippen molar-refractivity contribution in [1.29, 1.82) is 0 Å². The van der Waals surface area contributed by atoms with Gasteiger partial charge in [-0.15, -0.1) is 0 Å². The zero-order chi connectivity index (χ0) is 17.4. The highest BCUT2D eigenvalue weighted by molar-refractivity contribution is 5.92. The first kappa shape index (κ1) is 15.8. The quantitative estimate of drug-likeness (QED) is 0.888. The minimum absolute atomic E-state index is 0.0668. The molecule has 2 fully saturated rings. The van der Waals surface area contributed by atoms with Crippen LogP contribution >= 0.6 is 0 Å². The molecule has 0 aliphatic carbocycles. The number of amides is 2. The van der Waals surface area contributed by atoms with Gasteiger partial charge in [-0.3, -0.25) is 14.4 Å². The Balaban J connectivity index is 1.58. The van der Waals surface area contributed by atoms with Gasteiger partial charge < -0.3 is 14.8 Å². The van der Waals surface area contributed by atoms with Crippen molar-refractivity contribution in [1.82, 2.24) is 19.8 Å². The van der Waals surface area contributed by atoms with Crippen molar-refractivity contribution in [3.8, 4) is 0 Å². The maximum atomic E-state index is 12.8. The molecule has 0 saturated carbocycles. The van der Waals surface area contributed by atoms with Crippen LogP contribution in [0.3, 0.4) is 0 Å². The van der Waals surface area contributed by atoms with Crippen molar-refractivity contribution in [2.24, 2.45) is 0 Å². The number of likely N-dealkylation sites (tertiary alicyclic amines) is 2. The molecule has 2 aliphatic heterocycles. The number of nitrogens with zero attached hydrogens (tertiary/aromatic N) is 3. The molecule has 1 aromatic heterocycles. The molecule has 2 amide bonds. The van der Waals surface area contributed by atoms with E-state index in [0.29, 0.717) is 30.4 Å². The van der Waals surface area contributed by atoms with Crippen LogP contribution in [0.25, 0.3) is 10.9 Å². The van der Waals surface area contributed by atoms with E-state index in [1.165, 1.54) is 0 Å². The smallest absolute Gasteiger partial charge is 0.289 e. The Morgan fingerprint density at radius 3 is 2.80 bits per heavy atom. The maximum absolute atomic E-state index is 12.8. The molecule has 3 heterocycles. The zero-order valence-electron chi connectivity index (χ0n) is 13.9. The number of rotatable bonds is 2. The summed E-state index contributed by atoms with van der Waals surface area (Å²) in [7, 11) is 0. The molecule has 0 spiro atoms. The predicted octanol–water partition coefficient (Wildman–Crippen LogP) is 1.15. The first-order chi connectivity index (χ1) is 12.1. The Kier molecular flexibility index (Phi) is 3.99. The summed E-state index contributed by atoms with van der Waals surface area (Å²) < 4.78 is 0. The van der Waals surface area contributed by atoms with Gasteiger partial charge in [-0.25, -0.2) is 4.98 Å². The molecule has 0 unspecified atom stereocenters. The fraction of sp³-hybridized carbons (Fsp3) is 0.444. The van der Waals surface area contributed by atoms with E-state index in [4.69, 9.17) is 0 Å². The highest BCUT2D eigenvalue weighted by Gasteiger charge is 2.33. The molecular weight excluding hydrogens is 320 g/mol. The lowest BCUT2D eigenvalue weighted by atomic mass is 10.0. The molecule has 7 heteroatoms. The molecule has 0 bridgehead atoms. The lowest BCUT2D eigenvalue weighted by molar-refractivity contribution is -0.130. The molecule has 7 nitrogen and oxygen atoms in total. The number of benzene rings is 1. The van der Waals surface area contributed by atoms with Crippen LogP contribution in [0.5, 0.6) is 0 Å². The van der Waals surface area contributed by atoms with Crippen LogP contribution in [-0.2, 0) is 4.79 Å². The molecule has 1 atom stereocenters. The van der Waals surface area contributed by atoms with Gasteiger partial charge in [0.15, 0.2) is 5.82 Å². The maximum Gasteiger partial charge on any atom is 0.289 e. The Morgan fingerprint density at radius 2 is 2.00 bits per heavy atom. The van der Waals surface area contributed by atoms with Crippen LogP contribution in [0, 0.1) is 0 Å². The number of aromatic nitrogens is 2. The van der Waals surface area contributed by atoms with E-state index in [0.717, 1.165) is 25.8 Å². The number of hydrogen-bond acceptors (Lipinski definition) is 4. The van der Waals surface area contributed by atoms with Crippen molar-refractivity contribution in [2.45, 2.75) is 31.7 Å². The SMILES string of the molecule is O=C(c1nc2ccccc2c(=O)[nH]1)N1CCC[C@H](N2CCCC2=O)C1. The van der Waals surface area contributed by atoms with Crippen molar-refractivity contribution in [2.75, 3.05) is 19.6 Å². The minimum atomic E-state index is -0.308. The first-order valence-corrected chi connectivity index (χ1v) is 8.71. The Hall–Kier alpha value is -2.70. The number of para-hydroxylation sites is 1. The van der Waals surface area contributed by atoms with Crippen LogP contribution in [0.2, 0.25) is 0 Å². The van der Waals surface area contributed by atoms with E-state index >= 15 is 0 Å². The van der Waals surface area contributed by atoms with E-state index in [1.54, 1.807) is 29.2 Å². The first-order valence-electron chi connectivity index (χ1n) is 8.71. The van der Waals surface area contributed by atoms with Gasteiger partial charge in [0.1, 0.15) is 0 Å². The summed E-state index contributed by atoms with van der Waals surface area (Å²) in [5, 5.41) is 0.471. The molecule has 1 N–H and O–H groups in total. The second kappa shape index (κ2) is 6.31. The minimum Gasteiger partial charge on any atom is -0.338 e. The topological polar surface area (TPSA) is 86.4 Å². The van der Waals surface area contributed by atoms with Crippen LogP contribution in [0.15, 0.2) is 29.1 Å². The standard InChI is InChI=1S/C18H20N4O3/c23-15-8-4-10-22(15)12-5-3-9-21(11-12)18(25)16-19-14-7-2-1-6-13(14)17(24)20-16/h1-2,6-7,12H,3-5,8-11H2,(H,19,20,24)/t12-/m0/s1. The number of nitrogens with one attached hydrogen (secondary N) is 1. The highest BCUT2D eigenvalue weighted by Crippen LogP contribution is 2.22. The summed E-state index contributed by atoms with van der Waals surface area (Å²) in [5.41, 5.74) is 0.204. The highest BCUT2D eigenvalue weighted by atomic mass is 16.2. The number of H-pyrrole nitrogens is 1. The van der Waals surface area contributed by atoms with Crippen LogP contribution < -0.4 is 5.56 Å². The summed E-state index contributed by atoms with van der Waals surface area (Å²) in [6.45, 7) is 1.89. The Labute approximate surface area is 144 Å². The monoisotopic (exact) mass is 340 g/mol. The van der Waals surface area contributed by atoms with Crippen LogP contribution in [0.4, 0.5) is 0 Å². The van der Waals surface area contributed by atoms with Gasteiger partial charge in [0.05, 0.1) is 10.9 Å². The van der Waals surface area contributed by atoms with Crippen LogP contribution in [-0.4, -0.2) is 57.3 Å². The summed E-state index contributed by atoms with van der Waals surface area (Å²) in [4.78, 5) is 47.5. The summed E-state index contributed by atoms with van der Waals surface area (Å²) >= 11 is 0. The third kappa shape index (κ3) is 2.90. The molecule has 0 radical (unpaired) electrons.